The third-order valence-electron chi connectivity index (χ3n) is 2.02. The van der Waals surface area contributed by atoms with Gasteiger partial charge >= 0.3 is 0 Å². The number of hydrogen-bond acceptors (Lipinski definition) is 3. The predicted octanol–water partition coefficient (Wildman–Crippen LogP) is 3.94. The van der Waals surface area contributed by atoms with Gasteiger partial charge in [0, 0.05) is 6.07 Å². The van der Waals surface area contributed by atoms with Gasteiger partial charge in [-0.15, -0.1) is 0 Å². The largest absolute Gasteiger partial charge is 0.339 e. The normalized spacial score (nSPS) is 10.2. The Morgan fingerprint density at radius 2 is 2.06 bits per heavy atom. The molecule has 3 nitrogen and oxygen atoms in total. The molecular formula is C11H9BrClN3. The van der Waals surface area contributed by atoms with Crippen molar-refractivity contribution in [2.45, 2.75) is 6.92 Å². The van der Waals surface area contributed by atoms with E-state index in [1.54, 1.807) is 6.07 Å². The van der Waals surface area contributed by atoms with Crippen molar-refractivity contribution in [2.75, 3.05) is 5.32 Å². The molecule has 2 rings (SSSR count). The summed E-state index contributed by atoms with van der Waals surface area (Å²) in [6, 6.07) is 7.61. The first-order valence-electron chi connectivity index (χ1n) is 4.66. The van der Waals surface area contributed by atoms with E-state index < -0.39 is 0 Å². The van der Waals surface area contributed by atoms with E-state index in [0.717, 1.165) is 15.9 Å². The molecular weight excluding hydrogens is 289 g/mol. The second kappa shape index (κ2) is 4.80. The van der Waals surface area contributed by atoms with Gasteiger partial charge in [0.1, 0.15) is 16.7 Å². The Morgan fingerprint density at radius 1 is 1.25 bits per heavy atom. The van der Waals surface area contributed by atoms with E-state index in [1.165, 1.54) is 6.33 Å². The van der Waals surface area contributed by atoms with Crippen molar-refractivity contribution in [3.05, 3.63) is 45.8 Å². The Morgan fingerprint density at radius 3 is 2.75 bits per heavy atom. The Hall–Kier alpha value is -1.13. The summed E-state index contributed by atoms with van der Waals surface area (Å²) in [6.45, 7) is 2.00. The predicted molar refractivity (Wildman–Crippen MR) is 69.2 cm³/mol. The molecule has 0 fully saturated rings. The molecule has 1 aromatic carbocycles. The summed E-state index contributed by atoms with van der Waals surface area (Å²) in [4.78, 5) is 8.04. The first-order chi connectivity index (χ1) is 7.65. The summed E-state index contributed by atoms with van der Waals surface area (Å²) in [6.07, 6.45) is 1.48. The summed E-state index contributed by atoms with van der Waals surface area (Å²) < 4.78 is 0.730. The standard InChI is InChI=1S/C11H9BrClN3/c1-7-2-3-9(8(13)4-7)16-11-5-10(12)14-6-15-11/h2-6H,1H3,(H,14,15,16). The molecule has 0 radical (unpaired) electrons. The monoisotopic (exact) mass is 297 g/mol. The molecule has 0 saturated heterocycles. The first-order valence-corrected chi connectivity index (χ1v) is 5.83. The second-order valence-electron chi connectivity index (χ2n) is 3.33. The van der Waals surface area contributed by atoms with Crippen LogP contribution in [0.5, 0.6) is 0 Å². The molecule has 0 aliphatic carbocycles. The minimum atomic E-state index is 0.676. The highest BCUT2D eigenvalue weighted by Gasteiger charge is 2.02. The van der Waals surface area contributed by atoms with Gasteiger partial charge in [0.05, 0.1) is 10.7 Å². The maximum atomic E-state index is 6.10. The van der Waals surface area contributed by atoms with Crippen LogP contribution in [0.4, 0.5) is 11.5 Å². The summed E-state index contributed by atoms with van der Waals surface area (Å²) in [5.41, 5.74) is 1.96. The highest BCUT2D eigenvalue weighted by molar-refractivity contribution is 9.10. The molecule has 82 valence electrons. The van der Waals surface area contributed by atoms with Gasteiger partial charge in [-0.1, -0.05) is 17.7 Å². The number of hydrogen-bond donors (Lipinski definition) is 1. The molecule has 2 aromatic rings. The number of nitrogens with zero attached hydrogens (tertiary/aromatic N) is 2. The van der Waals surface area contributed by atoms with Crippen molar-refractivity contribution in [1.29, 1.82) is 0 Å². The van der Waals surface area contributed by atoms with Gasteiger partial charge in [-0.3, -0.25) is 0 Å². The van der Waals surface area contributed by atoms with E-state index >= 15 is 0 Å². The molecule has 0 spiro atoms. The van der Waals surface area contributed by atoms with Gasteiger partial charge in [0.25, 0.3) is 0 Å². The van der Waals surface area contributed by atoms with Crippen molar-refractivity contribution < 1.29 is 0 Å². The smallest absolute Gasteiger partial charge is 0.134 e. The molecule has 0 aliphatic rings. The fourth-order valence-electron chi connectivity index (χ4n) is 1.26. The fourth-order valence-corrected chi connectivity index (χ4v) is 1.85. The summed E-state index contributed by atoms with van der Waals surface area (Å²) in [7, 11) is 0. The summed E-state index contributed by atoms with van der Waals surface area (Å²) in [5, 5.41) is 3.80. The summed E-state index contributed by atoms with van der Waals surface area (Å²) >= 11 is 9.38. The van der Waals surface area contributed by atoms with Crippen LogP contribution in [0.3, 0.4) is 0 Å². The Labute approximate surface area is 107 Å². The maximum absolute atomic E-state index is 6.10. The van der Waals surface area contributed by atoms with Crippen LogP contribution in [0.1, 0.15) is 5.56 Å². The number of aromatic nitrogens is 2. The molecule has 0 bridgehead atoms. The third kappa shape index (κ3) is 2.71. The Kier molecular flexibility index (Phi) is 3.41. The van der Waals surface area contributed by atoms with Crippen molar-refractivity contribution in [3.8, 4) is 0 Å². The first kappa shape index (κ1) is 11.4. The van der Waals surface area contributed by atoms with Crippen LogP contribution in [-0.4, -0.2) is 9.97 Å². The molecule has 1 heterocycles. The zero-order valence-electron chi connectivity index (χ0n) is 8.54. The van der Waals surface area contributed by atoms with E-state index in [4.69, 9.17) is 11.6 Å². The van der Waals surface area contributed by atoms with Gasteiger partial charge < -0.3 is 5.32 Å². The minimum absolute atomic E-state index is 0.676. The lowest BCUT2D eigenvalue weighted by molar-refractivity contribution is 1.14. The van der Waals surface area contributed by atoms with Gasteiger partial charge in [0.2, 0.25) is 0 Å². The SMILES string of the molecule is Cc1ccc(Nc2cc(Br)ncn2)c(Cl)c1. The van der Waals surface area contributed by atoms with E-state index in [0.29, 0.717) is 10.8 Å². The quantitative estimate of drug-likeness (QED) is 0.853. The maximum Gasteiger partial charge on any atom is 0.134 e. The minimum Gasteiger partial charge on any atom is -0.339 e. The van der Waals surface area contributed by atoms with Gasteiger partial charge in [-0.05, 0) is 40.5 Å². The number of anilines is 2. The van der Waals surface area contributed by atoms with E-state index in [9.17, 15) is 0 Å². The lowest BCUT2D eigenvalue weighted by atomic mass is 10.2. The molecule has 0 atom stereocenters. The van der Waals surface area contributed by atoms with E-state index in [1.807, 2.05) is 25.1 Å². The van der Waals surface area contributed by atoms with Crippen LogP contribution in [-0.2, 0) is 0 Å². The van der Waals surface area contributed by atoms with Crippen LogP contribution in [0.2, 0.25) is 5.02 Å². The van der Waals surface area contributed by atoms with Gasteiger partial charge in [0.15, 0.2) is 0 Å². The molecule has 16 heavy (non-hydrogen) atoms. The molecule has 5 heteroatoms. The topological polar surface area (TPSA) is 37.8 Å². The number of rotatable bonds is 2. The molecule has 0 saturated carbocycles. The molecule has 1 aromatic heterocycles. The lowest BCUT2D eigenvalue weighted by Crippen LogP contribution is -1.95. The fraction of sp³-hybridized carbons (Fsp3) is 0.0909. The highest BCUT2D eigenvalue weighted by Crippen LogP contribution is 2.25. The number of nitrogens with one attached hydrogen (secondary N) is 1. The third-order valence-corrected chi connectivity index (χ3v) is 2.77. The average Bonchev–Trinajstić information content (AvgIpc) is 2.22. The summed E-state index contributed by atoms with van der Waals surface area (Å²) in [5.74, 6) is 0.702. The van der Waals surface area contributed by atoms with E-state index in [-0.39, 0.29) is 0 Å². The lowest BCUT2D eigenvalue weighted by Gasteiger charge is -2.07. The Balaban J connectivity index is 2.27. The number of benzene rings is 1. The molecule has 0 amide bonds. The molecule has 0 unspecified atom stereocenters. The number of aryl methyl sites for hydroxylation is 1. The van der Waals surface area contributed by atoms with Crippen LogP contribution in [0, 0.1) is 6.92 Å². The molecule has 0 aliphatic heterocycles. The average molecular weight is 299 g/mol. The van der Waals surface area contributed by atoms with Crippen molar-refractivity contribution in [3.63, 3.8) is 0 Å². The van der Waals surface area contributed by atoms with Gasteiger partial charge in [-0.25, -0.2) is 9.97 Å². The van der Waals surface area contributed by atoms with Crippen LogP contribution < -0.4 is 5.32 Å². The molecule has 1 N–H and O–H groups in total. The van der Waals surface area contributed by atoms with Crippen LogP contribution in [0.25, 0.3) is 0 Å². The van der Waals surface area contributed by atoms with Crippen LogP contribution >= 0.6 is 27.5 Å². The van der Waals surface area contributed by atoms with E-state index in [2.05, 4.69) is 31.2 Å². The number of halogens is 2. The highest BCUT2D eigenvalue weighted by atomic mass is 79.9. The van der Waals surface area contributed by atoms with Crippen molar-refractivity contribution in [1.82, 2.24) is 9.97 Å². The zero-order valence-corrected chi connectivity index (χ0v) is 10.9. The van der Waals surface area contributed by atoms with Gasteiger partial charge in [-0.2, -0.15) is 0 Å². The van der Waals surface area contributed by atoms with Crippen LogP contribution in [0.15, 0.2) is 35.2 Å². The zero-order chi connectivity index (χ0) is 11.5. The second-order valence-corrected chi connectivity index (χ2v) is 4.55. The van der Waals surface area contributed by atoms with Crippen molar-refractivity contribution in [2.24, 2.45) is 0 Å². The Bertz CT molecular complexity index is 516. The van der Waals surface area contributed by atoms with Crippen molar-refractivity contribution >= 4 is 39.0 Å².